The lowest BCUT2D eigenvalue weighted by Gasteiger charge is -2.09. The molecule has 0 aliphatic rings. The first-order valence-corrected chi connectivity index (χ1v) is 9.63. The summed E-state index contributed by atoms with van der Waals surface area (Å²) in [5, 5.41) is 13.4. The standard InChI is InChI=1S/C18H15Cl2N3O4S/c1-26-17-22-13(14-4-5-16(28-14)27-18(24)25)9-15(23-17)21-7-6-10-2-3-11(19)8-12(10)20/h2-5,8-9H,6-7H2,1H3,(H,24,25)(H,21,22,23). The Morgan fingerprint density at radius 2 is 2.04 bits per heavy atom. The molecule has 10 heteroatoms. The maximum atomic E-state index is 10.7. The van der Waals surface area contributed by atoms with Gasteiger partial charge in [0.1, 0.15) is 5.82 Å². The van der Waals surface area contributed by atoms with Gasteiger partial charge in [-0.15, -0.1) is 0 Å². The first-order chi connectivity index (χ1) is 13.4. The van der Waals surface area contributed by atoms with E-state index in [1.54, 1.807) is 30.3 Å². The van der Waals surface area contributed by atoms with E-state index in [2.05, 4.69) is 20.0 Å². The third-order valence-corrected chi connectivity index (χ3v) is 5.20. The number of carbonyl (C=O) groups is 1. The minimum atomic E-state index is -1.36. The molecule has 0 saturated heterocycles. The van der Waals surface area contributed by atoms with Crippen molar-refractivity contribution in [1.82, 2.24) is 9.97 Å². The topological polar surface area (TPSA) is 93.6 Å². The van der Waals surface area contributed by atoms with Crippen LogP contribution in [0, 0.1) is 0 Å². The number of rotatable bonds is 7. The minimum absolute atomic E-state index is 0.193. The van der Waals surface area contributed by atoms with Crippen molar-refractivity contribution < 1.29 is 19.4 Å². The zero-order chi connectivity index (χ0) is 20.1. The number of nitrogens with one attached hydrogen (secondary N) is 1. The molecule has 0 amide bonds. The van der Waals surface area contributed by atoms with Gasteiger partial charge in [0.15, 0.2) is 5.06 Å². The van der Waals surface area contributed by atoms with Gasteiger partial charge in [-0.3, -0.25) is 0 Å². The molecular weight excluding hydrogens is 425 g/mol. The van der Waals surface area contributed by atoms with Gasteiger partial charge in [0, 0.05) is 22.7 Å². The summed E-state index contributed by atoms with van der Waals surface area (Å²) in [5.74, 6) is 0.570. The third-order valence-electron chi connectivity index (χ3n) is 3.63. The number of carboxylic acid groups (broad SMARTS) is 1. The van der Waals surface area contributed by atoms with Crippen LogP contribution in [0.5, 0.6) is 11.1 Å². The van der Waals surface area contributed by atoms with Crippen molar-refractivity contribution in [1.29, 1.82) is 0 Å². The normalized spacial score (nSPS) is 10.5. The molecule has 7 nitrogen and oxygen atoms in total. The Bertz CT molecular complexity index is 997. The molecule has 2 heterocycles. The fourth-order valence-corrected chi connectivity index (χ4v) is 3.70. The summed E-state index contributed by atoms with van der Waals surface area (Å²) < 4.78 is 9.83. The van der Waals surface area contributed by atoms with Gasteiger partial charge in [0.25, 0.3) is 0 Å². The van der Waals surface area contributed by atoms with E-state index < -0.39 is 6.16 Å². The van der Waals surface area contributed by atoms with Crippen molar-refractivity contribution in [3.05, 3.63) is 52.0 Å². The number of anilines is 1. The number of methoxy groups -OCH3 is 1. The van der Waals surface area contributed by atoms with E-state index in [0.717, 1.165) is 21.8 Å². The number of hydrogen-bond acceptors (Lipinski definition) is 7. The van der Waals surface area contributed by atoms with Gasteiger partial charge in [0.05, 0.1) is 17.7 Å². The summed E-state index contributed by atoms with van der Waals surface area (Å²) in [5.41, 5.74) is 1.55. The van der Waals surface area contributed by atoms with E-state index in [1.165, 1.54) is 7.11 Å². The van der Waals surface area contributed by atoms with Crippen LogP contribution in [0.15, 0.2) is 36.4 Å². The molecule has 28 heavy (non-hydrogen) atoms. The van der Waals surface area contributed by atoms with Crippen LogP contribution in [0.3, 0.4) is 0 Å². The van der Waals surface area contributed by atoms with E-state index in [4.69, 9.17) is 33.0 Å². The summed E-state index contributed by atoms with van der Waals surface area (Å²) in [4.78, 5) is 20.0. The molecule has 0 saturated carbocycles. The van der Waals surface area contributed by atoms with Gasteiger partial charge < -0.3 is 19.9 Å². The van der Waals surface area contributed by atoms with Crippen LogP contribution >= 0.6 is 34.5 Å². The molecule has 3 aromatic rings. The number of benzene rings is 1. The van der Waals surface area contributed by atoms with Gasteiger partial charge in [-0.1, -0.05) is 40.6 Å². The summed E-state index contributed by atoms with van der Waals surface area (Å²) in [6.45, 7) is 0.582. The fourth-order valence-electron chi connectivity index (χ4n) is 2.38. The summed E-state index contributed by atoms with van der Waals surface area (Å²) in [6.07, 6.45) is -0.690. The smallest absolute Gasteiger partial charge is 0.467 e. The highest BCUT2D eigenvalue weighted by atomic mass is 35.5. The first-order valence-electron chi connectivity index (χ1n) is 8.06. The van der Waals surface area contributed by atoms with Gasteiger partial charge in [0.2, 0.25) is 0 Å². The maximum Gasteiger partial charge on any atom is 0.512 e. The summed E-state index contributed by atoms with van der Waals surface area (Å²) in [7, 11) is 1.48. The molecule has 0 fully saturated rings. The second-order valence-electron chi connectivity index (χ2n) is 5.52. The van der Waals surface area contributed by atoms with Gasteiger partial charge in [-0.05, 0) is 36.2 Å². The highest BCUT2D eigenvalue weighted by molar-refractivity contribution is 7.17. The predicted molar refractivity (Wildman–Crippen MR) is 109 cm³/mol. The first kappa shape index (κ1) is 20.2. The molecule has 146 valence electrons. The van der Waals surface area contributed by atoms with E-state index >= 15 is 0 Å². The highest BCUT2D eigenvalue weighted by Gasteiger charge is 2.12. The van der Waals surface area contributed by atoms with Gasteiger partial charge in [-0.2, -0.15) is 9.97 Å². The van der Waals surface area contributed by atoms with Crippen molar-refractivity contribution in [2.24, 2.45) is 0 Å². The molecule has 2 N–H and O–H groups in total. The Morgan fingerprint density at radius 1 is 1.21 bits per heavy atom. The van der Waals surface area contributed by atoms with Crippen LogP contribution in [0.4, 0.5) is 10.6 Å². The van der Waals surface area contributed by atoms with Crippen LogP contribution < -0.4 is 14.8 Å². The zero-order valence-corrected chi connectivity index (χ0v) is 16.9. The zero-order valence-electron chi connectivity index (χ0n) is 14.6. The Labute approximate surface area is 174 Å². The monoisotopic (exact) mass is 439 g/mol. The molecule has 0 spiro atoms. The van der Waals surface area contributed by atoms with Crippen LogP contribution in [-0.2, 0) is 6.42 Å². The Hall–Kier alpha value is -2.55. The molecule has 0 aliphatic carbocycles. The van der Waals surface area contributed by atoms with Crippen molar-refractivity contribution in [2.45, 2.75) is 6.42 Å². The van der Waals surface area contributed by atoms with Crippen LogP contribution in [0.2, 0.25) is 10.0 Å². The lowest BCUT2D eigenvalue weighted by Crippen LogP contribution is -2.08. The number of nitrogens with zero attached hydrogens (tertiary/aromatic N) is 2. The average molecular weight is 440 g/mol. The SMILES string of the molecule is COc1nc(NCCc2ccc(Cl)cc2Cl)cc(-c2ccc(OC(=O)O)s2)n1. The van der Waals surface area contributed by atoms with E-state index in [1.807, 2.05) is 6.07 Å². The molecular formula is C18H15Cl2N3O4S. The molecule has 0 atom stereocenters. The number of halogens is 2. The molecule has 0 aliphatic heterocycles. The molecule has 0 unspecified atom stereocenters. The molecule has 3 rings (SSSR count). The number of ether oxygens (including phenoxy) is 2. The maximum absolute atomic E-state index is 10.7. The Kier molecular flexibility index (Phi) is 6.56. The Balaban J connectivity index is 1.73. The van der Waals surface area contributed by atoms with Gasteiger partial charge in [-0.25, -0.2) is 4.79 Å². The minimum Gasteiger partial charge on any atom is -0.467 e. The Morgan fingerprint density at radius 3 is 2.75 bits per heavy atom. The predicted octanol–water partition coefficient (Wildman–Crippen LogP) is 5.23. The number of thiophene rings is 1. The molecule has 2 aromatic heterocycles. The van der Waals surface area contributed by atoms with Crippen molar-refractivity contribution in [3.63, 3.8) is 0 Å². The lowest BCUT2D eigenvalue weighted by molar-refractivity contribution is 0.146. The number of hydrogen-bond donors (Lipinski definition) is 2. The van der Waals surface area contributed by atoms with Gasteiger partial charge >= 0.3 is 12.2 Å². The van der Waals surface area contributed by atoms with Crippen LogP contribution in [0.1, 0.15) is 5.56 Å². The average Bonchev–Trinajstić information content (AvgIpc) is 3.11. The van der Waals surface area contributed by atoms with E-state index in [-0.39, 0.29) is 11.1 Å². The van der Waals surface area contributed by atoms with Crippen molar-refractivity contribution in [2.75, 3.05) is 19.0 Å². The molecule has 0 bridgehead atoms. The van der Waals surface area contributed by atoms with E-state index in [0.29, 0.717) is 34.5 Å². The summed E-state index contributed by atoms with van der Waals surface area (Å²) >= 11 is 13.3. The molecule has 0 radical (unpaired) electrons. The largest absolute Gasteiger partial charge is 0.512 e. The second kappa shape index (κ2) is 9.09. The van der Waals surface area contributed by atoms with Crippen molar-refractivity contribution >= 4 is 46.5 Å². The van der Waals surface area contributed by atoms with Crippen LogP contribution in [0.25, 0.3) is 10.6 Å². The fraction of sp³-hybridized carbons (Fsp3) is 0.167. The quantitative estimate of drug-likeness (QED) is 0.486. The van der Waals surface area contributed by atoms with Crippen LogP contribution in [-0.4, -0.2) is 34.9 Å². The van der Waals surface area contributed by atoms with E-state index in [9.17, 15) is 4.79 Å². The second-order valence-corrected chi connectivity index (χ2v) is 7.41. The third kappa shape index (κ3) is 5.25. The highest BCUT2D eigenvalue weighted by Crippen LogP contribution is 2.33. The molecule has 1 aromatic carbocycles. The summed E-state index contributed by atoms with van der Waals surface area (Å²) in [6, 6.07) is 10.6. The lowest BCUT2D eigenvalue weighted by atomic mass is 10.1. The van der Waals surface area contributed by atoms with Crippen molar-refractivity contribution in [3.8, 4) is 21.6 Å². The number of aromatic nitrogens is 2.